The van der Waals surface area contributed by atoms with Crippen molar-refractivity contribution >= 4 is 52.1 Å². The smallest absolute Gasteiger partial charge is 0.175 e. The maximum atomic E-state index is 13.0. The van der Waals surface area contributed by atoms with Crippen molar-refractivity contribution in [1.29, 1.82) is 0 Å². The molecule has 0 aliphatic rings. The number of thioether (sulfide) groups is 1. The normalized spacial score (nSPS) is 10.7. The van der Waals surface area contributed by atoms with Crippen molar-refractivity contribution in [3.05, 3.63) is 49.9 Å². The molecular weight excluding hydrogens is 326 g/mol. The van der Waals surface area contributed by atoms with E-state index in [4.69, 9.17) is 23.2 Å². The van der Waals surface area contributed by atoms with Gasteiger partial charge in [0.2, 0.25) is 0 Å². The highest BCUT2D eigenvalue weighted by Crippen LogP contribution is 2.33. The maximum Gasteiger partial charge on any atom is 0.175 e. The quantitative estimate of drug-likeness (QED) is 0.544. The Morgan fingerprint density at radius 2 is 2.11 bits per heavy atom. The number of hydrogen-bond acceptors (Lipinski definition) is 3. The predicted octanol–water partition coefficient (Wildman–Crippen LogP) is 5.48. The largest absolute Gasteiger partial charge is 0.293 e. The maximum absolute atomic E-state index is 13.0. The fraction of sp³-hybridized carbons (Fsp3) is 0.154. The molecule has 19 heavy (non-hydrogen) atoms. The Labute approximate surface area is 128 Å². The first kappa shape index (κ1) is 14.9. The van der Waals surface area contributed by atoms with E-state index in [0.29, 0.717) is 14.2 Å². The number of aryl methyl sites for hydroxylation is 1. The van der Waals surface area contributed by atoms with E-state index in [0.717, 1.165) is 10.5 Å². The van der Waals surface area contributed by atoms with Gasteiger partial charge in [0.05, 0.1) is 10.1 Å². The second-order valence-corrected chi connectivity index (χ2v) is 7.16. The van der Waals surface area contributed by atoms with Crippen LogP contribution in [0.1, 0.15) is 15.9 Å². The first-order chi connectivity index (χ1) is 8.97. The molecule has 0 saturated heterocycles. The fourth-order valence-electron chi connectivity index (χ4n) is 1.53. The van der Waals surface area contributed by atoms with E-state index in [1.807, 2.05) is 6.92 Å². The number of rotatable bonds is 4. The Balaban J connectivity index is 2.06. The lowest BCUT2D eigenvalue weighted by Crippen LogP contribution is -2.01. The Hall–Kier alpha value is -0.550. The SMILES string of the molecule is Cc1cc(F)ccc1SCC(=O)c1cc(Cl)sc1Cl. The second-order valence-electron chi connectivity index (χ2n) is 3.86. The van der Waals surface area contributed by atoms with E-state index in [1.54, 1.807) is 12.1 Å². The zero-order valence-corrected chi connectivity index (χ0v) is 13.0. The predicted molar refractivity (Wildman–Crippen MR) is 80.5 cm³/mol. The number of Topliss-reactive ketones (excluding diaryl/α,β-unsaturated/α-hetero) is 1. The monoisotopic (exact) mass is 334 g/mol. The van der Waals surface area contributed by atoms with Crippen molar-refractivity contribution in [3.63, 3.8) is 0 Å². The van der Waals surface area contributed by atoms with Crippen LogP contribution in [-0.4, -0.2) is 11.5 Å². The van der Waals surface area contributed by atoms with E-state index in [2.05, 4.69) is 0 Å². The van der Waals surface area contributed by atoms with E-state index in [9.17, 15) is 9.18 Å². The minimum absolute atomic E-state index is 0.0816. The third-order valence-electron chi connectivity index (χ3n) is 2.45. The standard InChI is InChI=1S/C13H9Cl2FOS2/c1-7-4-8(16)2-3-11(7)18-6-10(17)9-5-12(14)19-13(9)15/h2-5H,6H2,1H3. The molecule has 0 aliphatic carbocycles. The van der Waals surface area contributed by atoms with E-state index < -0.39 is 0 Å². The van der Waals surface area contributed by atoms with Crippen molar-refractivity contribution < 1.29 is 9.18 Å². The van der Waals surface area contributed by atoms with Crippen LogP contribution in [-0.2, 0) is 0 Å². The van der Waals surface area contributed by atoms with Gasteiger partial charge in [-0.25, -0.2) is 4.39 Å². The molecule has 2 rings (SSSR count). The summed E-state index contributed by atoms with van der Waals surface area (Å²) in [5, 5.41) is 0. The van der Waals surface area contributed by atoms with Crippen LogP contribution in [0.4, 0.5) is 4.39 Å². The summed E-state index contributed by atoms with van der Waals surface area (Å²) in [5.41, 5.74) is 1.26. The number of thiophene rings is 1. The van der Waals surface area contributed by atoms with Crippen LogP contribution in [0.2, 0.25) is 8.67 Å². The minimum Gasteiger partial charge on any atom is -0.293 e. The molecule has 100 valence electrons. The number of carbonyl (C=O) groups is 1. The molecule has 1 heterocycles. The molecule has 1 aromatic carbocycles. The van der Waals surface area contributed by atoms with Gasteiger partial charge in [0.1, 0.15) is 10.2 Å². The molecule has 1 nitrogen and oxygen atoms in total. The molecule has 0 fully saturated rings. The number of carbonyl (C=O) groups excluding carboxylic acids is 1. The van der Waals surface area contributed by atoms with Crippen molar-refractivity contribution in [2.45, 2.75) is 11.8 Å². The third kappa shape index (κ3) is 3.72. The van der Waals surface area contributed by atoms with Crippen molar-refractivity contribution in [2.75, 3.05) is 5.75 Å². The zero-order chi connectivity index (χ0) is 14.0. The van der Waals surface area contributed by atoms with Gasteiger partial charge in [-0.1, -0.05) is 23.2 Å². The molecule has 0 amide bonds. The molecular formula is C13H9Cl2FOS2. The third-order valence-corrected chi connectivity index (χ3v) is 5.12. The molecule has 0 spiro atoms. The number of ketones is 1. The molecule has 0 unspecified atom stereocenters. The first-order valence-corrected chi connectivity index (χ1v) is 7.90. The van der Waals surface area contributed by atoms with Crippen LogP contribution in [0.5, 0.6) is 0 Å². The van der Waals surface area contributed by atoms with Gasteiger partial charge in [-0.3, -0.25) is 4.79 Å². The topological polar surface area (TPSA) is 17.1 Å². The van der Waals surface area contributed by atoms with Gasteiger partial charge in [0.25, 0.3) is 0 Å². The van der Waals surface area contributed by atoms with Crippen LogP contribution in [0.3, 0.4) is 0 Å². The molecule has 0 aliphatic heterocycles. The van der Waals surface area contributed by atoms with E-state index in [-0.39, 0.29) is 17.4 Å². The van der Waals surface area contributed by atoms with Crippen molar-refractivity contribution in [3.8, 4) is 0 Å². The summed E-state index contributed by atoms with van der Waals surface area (Å²) in [6, 6.07) is 6.08. The minimum atomic E-state index is -0.277. The van der Waals surface area contributed by atoms with E-state index >= 15 is 0 Å². The Kier molecular flexibility index (Phi) is 4.90. The molecule has 0 saturated carbocycles. The average molecular weight is 335 g/mol. The lowest BCUT2D eigenvalue weighted by Gasteiger charge is -2.04. The van der Waals surface area contributed by atoms with Crippen molar-refractivity contribution in [1.82, 2.24) is 0 Å². The van der Waals surface area contributed by atoms with Gasteiger partial charge in [-0.15, -0.1) is 23.1 Å². The summed E-state index contributed by atoms with van der Waals surface area (Å²) in [6.45, 7) is 1.81. The van der Waals surface area contributed by atoms with E-state index in [1.165, 1.54) is 35.2 Å². The molecule has 0 bridgehead atoms. The summed E-state index contributed by atoms with van der Waals surface area (Å²) < 4.78 is 13.9. The molecule has 6 heteroatoms. The Morgan fingerprint density at radius 3 is 2.68 bits per heavy atom. The summed E-state index contributed by atoms with van der Waals surface area (Å²) in [6.07, 6.45) is 0. The Bertz CT molecular complexity index is 625. The highest BCUT2D eigenvalue weighted by molar-refractivity contribution is 8.00. The van der Waals surface area contributed by atoms with Gasteiger partial charge in [0, 0.05) is 10.5 Å². The summed E-state index contributed by atoms with van der Waals surface area (Å²) in [5.74, 6) is -0.109. The molecule has 1 aromatic heterocycles. The molecule has 0 N–H and O–H groups in total. The summed E-state index contributed by atoms with van der Waals surface area (Å²) >= 11 is 14.3. The highest BCUT2D eigenvalue weighted by atomic mass is 35.5. The average Bonchev–Trinajstić information content (AvgIpc) is 2.67. The van der Waals surface area contributed by atoms with Crippen LogP contribution in [0, 0.1) is 12.7 Å². The van der Waals surface area contributed by atoms with Crippen LogP contribution in [0.25, 0.3) is 0 Å². The van der Waals surface area contributed by atoms with Gasteiger partial charge in [-0.05, 0) is 36.8 Å². The van der Waals surface area contributed by atoms with Gasteiger partial charge in [0.15, 0.2) is 5.78 Å². The summed E-state index contributed by atoms with van der Waals surface area (Å²) in [4.78, 5) is 12.9. The lowest BCUT2D eigenvalue weighted by molar-refractivity contribution is 0.102. The molecule has 0 atom stereocenters. The summed E-state index contributed by atoms with van der Waals surface area (Å²) in [7, 11) is 0. The fourth-order valence-corrected chi connectivity index (χ4v) is 3.92. The first-order valence-electron chi connectivity index (χ1n) is 5.34. The van der Waals surface area contributed by atoms with Gasteiger partial charge in [-0.2, -0.15) is 0 Å². The van der Waals surface area contributed by atoms with Gasteiger partial charge < -0.3 is 0 Å². The zero-order valence-electron chi connectivity index (χ0n) is 9.88. The molecule has 0 radical (unpaired) electrons. The Morgan fingerprint density at radius 1 is 1.37 bits per heavy atom. The molecule has 2 aromatic rings. The lowest BCUT2D eigenvalue weighted by atomic mass is 10.2. The van der Waals surface area contributed by atoms with Crippen LogP contribution < -0.4 is 0 Å². The van der Waals surface area contributed by atoms with Gasteiger partial charge >= 0.3 is 0 Å². The second kappa shape index (κ2) is 6.27. The van der Waals surface area contributed by atoms with Crippen LogP contribution >= 0.6 is 46.3 Å². The highest BCUT2D eigenvalue weighted by Gasteiger charge is 2.15. The van der Waals surface area contributed by atoms with Crippen LogP contribution in [0.15, 0.2) is 29.2 Å². The number of hydrogen-bond donors (Lipinski definition) is 0. The number of benzene rings is 1. The number of halogens is 3. The van der Waals surface area contributed by atoms with Crippen molar-refractivity contribution in [2.24, 2.45) is 0 Å².